The van der Waals surface area contributed by atoms with Crippen molar-refractivity contribution in [3.8, 4) is 0 Å². The molecule has 0 aromatic rings. The topological polar surface area (TPSA) is 53.9 Å². The van der Waals surface area contributed by atoms with Gasteiger partial charge in [0, 0.05) is 32.6 Å². The van der Waals surface area contributed by atoms with E-state index in [0.717, 1.165) is 31.8 Å². The molecule has 0 saturated carbocycles. The highest BCUT2D eigenvalue weighted by Gasteiger charge is 2.22. The van der Waals surface area contributed by atoms with Gasteiger partial charge in [-0.15, -0.1) is 0 Å². The summed E-state index contributed by atoms with van der Waals surface area (Å²) in [4.78, 5) is 18.3. The van der Waals surface area contributed by atoms with Crippen LogP contribution >= 0.6 is 0 Å². The molecule has 0 unspecified atom stereocenters. The highest BCUT2D eigenvalue weighted by molar-refractivity contribution is 5.78. The van der Waals surface area contributed by atoms with Crippen LogP contribution in [0.5, 0.6) is 0 Å². The van der Waals surface area contributed by atoms with E-state index in [1.54, 1.807) is 6.92 Å². The fourth-order valence-corrected chi connectivity index (χ4v) is 1.79. The zero-order valence-corrected chi connectivity index (χ0v) is 10.3. The summed E-state index contributed by atoms with van der Waals surface area (Å²) >= 11 is 0. The van der Waals surface area contributed by atoms with Crippen molar-refractivity contribution in [3.63, 3.8) is 0 Å². The van der Waals surface area contributed by atoms with Gasteiger partial charge in [0.05, 0.1) is 5.71 Å². The second kappa shape index (κ2) is 6.48. The lowest BCUT2D eigenvalue weighted by atomic mass is 10.3. The molecule has 1 rings (SSSR count). The first-order chi connectivity index (χ1) is 7.58. The number of hydrogen-bond donors (Lipinski definition) is 1. The predicted octanol–water partition coefficient (Wildman–Crippen LogP) is 0.609. The first-order valence-corrected chi connectivity index (χ1v) is 5.70. The molecular weight excluding hydrogens is 206 g/mol. The number of rotatable bonds is 5. The molecule has 1 amide bonds. The zero-order chi connectivity index (χ0) is 12.0. The molecule has 1 saturated heterocycles. The average molecular weight is 227 g/mol. The molecule has 92 valence electrons. The molecule has 0 radical (unpaired) electrons. The highest BCUT2D eigenvalue weighted by atomic mass is 16.6. The van der Waals surface area contributed by atoms with E-state index in [-0.39, 0.29) is 5.91 Å². The van der Waals surface area contributed by atoms with Gasteiger partial charge in [0.15, 0.2) is 0 Å². The minimum Gasteiger partial charge on any atom is -0.395 e. The van der Waals surface area contributed by atoms with Crippen LogP contribution in [-0.2, 0) is 9.63 Å². The van der Waals surface area contributed by atoms with Crippen LogP contribution in [0.1, 0.15) is 27.2 Å². The van der Waals surface area contributed by atoms with E-state index in [1.165, 1.54) is 0 Å². The van der Waals surface area contributed by atoms with Crippen LogP contribution in [0.15, 0.2) is 5.16 Å². The number of carbonyl (C=O) groups is 1. The molecule has 0 aliphatic carbocycles. The number of hydrogen-bond acceptors (Lipinski definition) is 4. The molecule has 1 N–H and O–H groups in total. The largest absolute Gasteiger partial charge is 0.395 e. The van der Waals surface area contributed by atoms with Crippen molar-refractivity contribution in [2.45, 2.75) is 33.2 Å². The van der Waals surface area contributed by atoms with Crippen LogP contribution < -0.4 is 5.32 Å². The number of likely N-dealkylation sites (tertiary alicyclic amines) is 1. The summed E-state index contributed by atoms with van der Waals surface area (Å²) in [6, 6.07) is 0.300. The number of carbonyl (C=O) groups excluding carboxylic acids is 1. The molecule has 0 spiro atoms. The van der Waals surface area contributed by atoms with Crippen LogP contribution in [0.3, 0.4) is 0 Å². The van der Waals surface area contributed by atoms with Gasteiger partial charge < -0.3 is 10.2 Å². The molecule has 0 bridgehead atoms. The Balaban J connectivity index is 2.12. The van der Waals surface area contributed by atoms with Crippen molar-refractivity contribution in [2.75, 3.05) is 26.2 Å². The summed E-state index contributed by atoms with van der Waals surface area (Å²) in [7, 11) is 0. The minimum atomic E-state index is 0.0503. The molecule has 0 aromatic heterocycles. The standard InChI is InChI=1S/C11H21N3O2/c1-9(2)13-16-7-6-14-5-4-11(8-14)12-10(3)15/h11H,4-8H2,1-3H3,(H,12,15)/t11-/m1/s1. The van der Waals surface area contributed by atoms with Crippen molar-refractivity contribution in [2.24, 2.45) is 5.16 Å². The quantitative estimate of drug-likeness (QED) is 0.425. The summed E-state index contributed by atoms with van der Waals surface area (Å²) in [5.41, 5.74) is 0.928. The molecule has 1 aliphatic heterocycles. The summed E-state index contributed by atoms with van der Waals surface area (Å²) in [5, 5.41) is 6.80. The number of amides is 1. The van der Waals surface area contributed by atoms with Crippen molar-refractivity contribution < 1.29 is 9.63 Å². The maximum atomic E-state index is 10.9. The van der Waals surface area contributed by atoms with E-state index in [0.29, 0.717) is 12.6 Å². The first kappa shape index (κ1) is 13.0. The summed E-state index contributed by atoms with van der Waals surface area (Å²) in [6.07, 6.45) is 1.02. The molecule has 1 atom stereocenters. The number of oxime groups is 1. The molecule has 0 aromatic carbocycles. The van der Waals surface area contributed by atoms with Crippen molar-refractivity contribution in [1.82, 2.24) is 10.2 Å². The van der Waals surface area contributed by atoms with Crippen LogP contribution in [0.2, 0.25) is 0 Å². The lowest BCUT2D eigenvalue weighted by molar-refractivity contribution is -0.119. The van der Waals surface area contributed by atoms with Gasteiger partial charge in [-0.25, -0.2) is 0 Å². The van der Waals surface area contributed by atoms with Crippen molar-refractivity contribution in [1.29, 1.82) is 0 Å². The Morgan fingerprint density at radius 3 is 2.88 bits per heavy atom. The summed E-state index contributed by atoms with van der Waals surface area (Å²) in [5.74, 6) is 0.0503. The van der Waals surface area contributed by atoms with Gasteiger partial charge in [-0.1, -0.05) is 5.16 Å². The molecule has 1 aliphatic rings. The SMILES string of the molecule is CC(=O)N[C@@H]1CCN(CCON=C(C)C)C1. The van der Waals surface area contributed by atoms with Gasteiger partial charge in [0.2, 0.25) is 5.91 Å². The van der Waals surface area contributed by atoms with E-state index < -0.39 is 0 Å². The van der Waals surface area contributed by atoms with E-state index >= 15 is 0 Å². The van der Waals surface area contributed by atoms with Crippen LogP contribution in [-0.4, -0.2) is 48.8 Å². The minimum absolute atomic E-state index is 0.0503. The third-order valence-electron chi connectivity index (χ3n) is 2.43. The van der Waals surface area contributed by atoms with E-state index in [9.17, 15) is 4.79 Å². The summed E-state index contributed by atoms with van der Waals surface area (Å²) in [6.45, 7) is 8.78. The molecular formula is C11H21N3O2. The van der Waals surface area contributed by atoms with Gasteiger partial charge in [-0.2, -0.15) is 0 Å². The molecule has 1 heterocycles. The lowest BCUT2D eigenvalue weighted by Crippen LogP contribution is -2.36. The average Bonchev–Trinajstić information content (AvgIpc) is 2.59. The normalized spacial score (nSPS) is 20.6. The van der Waals surface area contributed by atoms with E-state index in [2.05, 4.69) is 15.4 Å². The van der Waals surface area contributed by atoms with Gasteiger partial charge in [-0.05, 0) is 20.3 Å². The van der Waals surface area contributed by atoms with E-state index in [1.807, 2.05) is 13.8 Å². The fourth-order valence-electron chi connectivity index (χ4n) is 1.79. The van der Waals surface area contributed by atoms with Crippen LogP contribution in [0.4, 0.5) is 0 Å². The second-order valence-electron chi connectivity index (χ2n) is 4.36. The van der Waals surface area contributed by atoms with Crippen molar-refractivity contribution in [3.05, 3.63) is 0 Å². The smallest absolute Gasteiger partial charge is 0.217 e. The molecule has 1 fully saturated rings. The van der Waals surface area contributed by atoms with Gasteiger partial charge in [0.1, 0.15) is 6.61 Å². The van der Waals surface area contributed by atoms with Gasteiger partial charge >= 0.3 is 0 Å². The zero-order valence-electron chi connectivity index (χ0n) is 10.3. The lowest BCUT2D eigenvalue weighted by Gasteiger charge is -2.15. The fraction of sp³-hybridized carbons (Fsp3) is 0.818. The maximum Gasteiger partial charge on any atom is 0.217 e. The first-order valence-electron chi connectivity index (χ1n) is 5.70. The van der Waals surface area contributed by atoms with E-state index in [4.69, 9.17) is 4.84 Å². The Morgan fingerprint density at radius 1 is 1.50 bits per heavy atom. The Bertz CT molecular complexity index is 262. The third-order valence-corrected chi connectivity index (χ3v) is 2.43. The number of nitrogens with one attached hydrogen (secondary N) is 1. The Labute approximate surface area is 96.8 Å². The molecule has 16 heavy (non-hydrogen) atoms. The second-order valence-corrected chi connectivity index (χ2v) is 4.36. The third kappa shape index (κ3) is 5.11. The Morgan fingerprint density at radius 2 is 2.25 bits per heavy atom. The molecule has 5 nitrogen and oxygen atoms in total. The van der Waals surface area contributed by atoms with Crippen LogP contribution in [0.25, 0.3) is 0 Å². The highest BCUT2D eigenvalue weighted by Crippen LogP contribution is 2.08. The predicted molar refractivity (Wildman–Crippen MR) is 63.4 cm³/mol. The Hall–Kier alpha value is -1.10. The van der Waals surface area contributed by atoms with Gasteiger partial charge in [-0.3, -0.25) is 9.69 Å². The van der Waals surface area contributed by atoms with Crippen molar-refractivity contribution >= 4 is 11.6 Å². The summed E-state index contributed by atoms with van der Waals surface area (Å²) < 4.78 is 0. The monoisotopic (exact) mass is 227 g/mol. The molecule has 5 heteroatoms. The Kier molecular flexibility index (Phi) is 5.25. The maximum absolute atomic E-state index is 10.9. The van der Waals surface area contributed by atoms with Crippen LogP contribution in [0, 0.1) is 0 Å². The van der Waals surface area contributed by atoms with Gasteiger partial charge in [0.25, 0.3) is 0 Å². The number of nitrogens with zero attached hydrogens (tertiary/aromatic N) is 2.